The summed E-state index contributed by atoms with van der Waals surface area (Å²) < 4.78 is 0. The monoisotopic (exact) mass is 272 g/mol. The molecule has 2 aliphatic heterocycles. The Hall–Kier alpha value is -1.14. The van der Waals surface area contributed by atoms with Gasteiger partial charge in [-0.3, -0.25) is 9.59 Å². The van der Waals surface area contributed by atoms with Gasteiger partial charge in [-0.25, -0.2) is 0 Å². The van der Waals surface area contributed by atoms with E-state index in [-0.39, 0.29) is 11.8 Å². The van der Waals surface area contributed by atoms with E-state index in [1.54, 1.807) is 0 Å². The molecule has 0 saturated carbocycles. The molecule has 6 nitrogen and oxygen atoms in total. The molecule has 2 aliphatic rings. The summed E-state index contributed by atoms with van der Waals surface area (Å²) in [5.41, 5.74) is 0. The number of carboxylic acids is 2. The maximum absolute atomic E-state index is 10.5. The Morgan fingerprint density at radius 1 is 1.11 bits per heavy atom. The Morgan fingerprint density at radius 2 is 1.74 bits per heavy atom. The highest BCUT2D eigenvalue weighted by atomic mass is 16.4. The summed E-state index contributed by atoms with van der Waals surface area (Å²) in [4.78, 5) is 22.9. The van der Waals surface area contributed by atoms with Crippen molar-refractivity contribution < 1.29 is 19.8 Å². The number of piperidine rings is 2. The second-order valence-electron chi connectivity index (χ2n) is 5.32. The van der Waals surface area contributed by atoms with Crippen LogP contribution in [0.15, 0.2) is 0 Å². The van der Waals surface area contributed by atoms with Gasteiger partial charge in [0.2, 0.25) is 0 Å². The van der Waals surface area contributed by atoms with E-state index in [1.165, 1.54) is 0 Å². The maximum atomic E-state index is 10.5. The van der Waals surface area contributed by atoms with Gasteiger partial charge in [0, 0.05) is 13.1 Å². The van der Waals surface area contributed by atoms with Gasteiger partial charge >= 0.3 is 11.9 Å². The van der Waals surface area contributed by atoms with Crippen LogP contribution in [0, 0.1) is 11.8 Å². The van der Waals surface area contributed by atoms with Crippen molar-refractivity contribution in [2.45, 2.75) is 25.7 Å². The third kappa shape index (κ3) is 6.02. The maximum Gasteiger partial charge on any atom is 0.307 e. The van der Waals surface area contributed by atoms with E-state index in [1.807, 2.05) is 7.05 Å². The number of nitrogens with zero attached hydrogens (tertiary/aromatic N) is 1. The molecular weight excluding hydrogens is 248 g/mol. The third-order valence-corrected chi connectivity index (χ3v) is 3.62. The van der Waals surface area contributed by atoms with Crippen LogP contribution in [0.1, 0.15) is 25.7 Å². The summed E-state index contributed by atoms with van der Waals surface area (Å²) >= 11 is 0. The third-order valence-electron chi connectivity index (χ3n) is 3.62. The van der Waals surface area contributed by atoms with Crippen LogP contribution in [-0.2, 0) is 9.59 Å². The molecule has 2 rings (SSSR count). The second kappa shape index (κ2) is 8.12. The minimum absolute atomic E-state index is 0.126. The Morgan fingerprint density at radius 3 is 2.11 bits per heavy atom. The molecule has 0 aromatic heterocycles. The molecule has 0 aromatic rings. The summed E-state index contributed by atoms with van der Waals surface area (Å²) in [5.74, 6) is -1.58. The molecule has 0 amide bonds. The fourth-order valence-electron chi connectivity index (χ4n) is 2.43. The van der Waals surface area contributed by atoms with E-state index >= 15 is 0 Å². The average Bonchev–Trinajstić information content (AvgIpc) is 2.40. The molecule has 6 heteroatoms. The Labute approximate surface area is 113 Å². The normalized spacial score (nSPS) is 28.1. The van der Waals surface area contributed by atoms with Crippen molar-refractivity contribution in [1.82, 2.24) is 10.2 Å². The zero-order chi connectivity index (χ0) is 14.3. The van der Waals surface area contributed by atoms with E-state index in [0.29, 0.717) is 6.54 Å². The molecule has 2 saturated heterocycles. The van der Waals surface area contributed by atoms with Gasteiger partial charge in [-0.15, -0.1) is 0 Å². The summed E-state index contributed by atoms with van der Waals surface area (Å²) in [5, 5.41) is 20.2. The van der Waals surface area contributed by atoms with Crippen LogP contribution in [0.4, 0.5) is 0 Å². The van der Waals surface area contributed by atoms with Crippen molar-refractivity contribution in [3.63, 3.8) is 0 Å². The number of rotatable bonds is 2. The molecular formula is C13H24N2O4. The Balaban J connectivity index is 0.000000191. The fourth-order valence-corrected chi connectivity index (χ4v) is 2.43. The van der Waals surface area contributed by atoms with Crippen molar-refractivity contribution in [1.29, 1.82) is 0 Å². The minimum Gasteiger partial charge on any atom is -0.481 e. The zero-order valence-corrected chi connectivity index (χ0v) is 11.5. The first-order valence-electron chi connectivity index (χ1n) is 6.85. The summed E-state index contributed by atoms with van der Waals surface area (Å²) in [6, 6.07) is 0. The summed E-state index contributed by atoms with van der Waals surface area (Å²) in [6.45, 7) is 3.39. The largest absolute Gasteiger partial charge is 0.481 e. The predicted octanol–water partition coefficient (Wildman–Crippen LogP) is 0.483. The summed E-state index contributed by atoms with van der Waals surface area (Å²) in [7, 11) is 1.97. The van der Waals surface area contributed by atoms with Gasteiger partial charge in [0.05, 0.1) is 11.8 Å². The first-order chi connectivity index (χ1) is 9.00. The van der Waals surface area contributed by atoms with Gasteiger partial charge in [0.1, 0.15) is 0 Å². The van der Waals surface area contributed by atoms with Crippen LogP contribution in [0.2, 0.25) is 0 Å². The highest BCUT2D eigenvalue weighted by Crippen LogP contribution is 2.14. The SMILES string of the molecule is CN1CCC[C@@H](C(=O)O)C1.O=C(O)[C@@H]1CCCNC1. The topological polar surface area (TPSA) is 89.9 Å². The molecule has 0 spiro atoms. The van der Waals surface area contributed by atoms with Crippen LogP contribution < -0.4 is 5.32 Å². The molecule has 0 bridgehead atoms. The highest BCUT2D eigenvalue weighted by molar-refractivity contribution is 5.70. The van der Waals surface area contributed by atoms with Gasteiger partial charge in [0.25, 0.3) is 0 Å². The zero-order valence-electron chi connectivity index (χ0n) is 11.5. The Bertz CT molecular complexity index is 303. The lowest BCUT2D eigenvalue weighted by Gasteiger charge is -2.26. The molecule has 0 unspecified atom stereocenters. The van der Waals surface area contributed by atoms with Crippen LogP contribution in [0.25, 0.3) is 0 Å². The number of aliphatic carboxylic acids is 2. The van der Waals surface area contributed by atoms with Crippen LogP contribution in [-0.4, -0.2) is 60.3 Å². The molecule has 2 heterocycles. The van der Waals surface area contributed by atoms with Gasteiger partial charge in [-0.05, 0) is 45.8 Å². The van der Waals surface area contributed by atoms with Crippen LogP contribution in [0.5, 0.6) is 0 Å². The fraction of sp³-hybridized carbons (Fsp3) is 0.846. The van der Waals surface area contributed by atoms with Crippen molar-refractivity contribution in [3.05, 3.63) is 0 Å². The van der Waals surface area contributed by atoms with Gasteiger partial charge in [-0.2, -0.15) is 0 Å². The average molecular weight is 272 g/mol. The molecule has 2 atom stereocenters. The van der Waals surface area contributed by atoms with E-state index < -0.39 is 11.9 Å². The standard InChI is InChI=1S/C7H13NO2.C6H11NO2/c1-8-4-2-3-6(5-8)7(9)10;8-6(9)5-2-1-3-7-4-5/h6H,2-5H2,1H3,(H,9,10);5,7H,1-4H2,(H,8,9)/t6-;5-/m11/s1. The smallest absolute Gasteiger partial charge is 0.307 e. The molecule has 19 heavy (non-hydrogen) atoms. The van der Waals surface area contributed by atoms with E-state index in [0.717, 1.165) is 45.3 Å². The number of hydrogen-bond acceptors (Lipinski definition) is 4. The van der Waals surface area contributed by atoms with Gasteiger partial charge in [-0.1, -0.05) is 0 Å². The van der Waals surface area contributed by atoms with Crippen LogP contribution in [0.3, 0.4) is 0 Å². The van der Waals surface area contributed by atoms with E-state index in [2.05, 4.69) is 10.2 Å². The first kappa shape index (κ1) is 15.9. The van der Waals surface area contributed by atoms with Crippen molar-refractivity contribution in [2.24, 2.45) is 11.8 Å². The van der Waals surface area contributed by atoms with Gasteiger partial charge < -0.3 is 20.4 Å². The number of carboxylic acid groups (broad SMARTS) is 2. The minimum atomic E-state index is -0.665. The van der Waals surface area contributed by atoms with E-state index in [9.17, 15) is 9.59 Å². The number of hydrogen-bond donors (Lipinski definition) is 3. The predicted molar refractivity (Wildman–Crippen MR) is 71.1 cm³/mol. The Kier molecular flexibility index (Phi) is 6.80. The quantitative estimate of drug-likeness (QED) is 0.677. The van der Waals surface area contributed by atoms with E-state index in [4.69, 9.17) is 10.2 Å². The molecule has 0 radical (unpaired) electrons. The second-order valence-corrected chi connectivity index (χ2v) is 5.32. The number of nitrogens with one attached hydrogen (secondary N) is 1. The lowest BCUT2D eigenvalue weighted by Crippen LogP contribution is -2.35. The van der Waals surface area contributed by atoms with Crippen molar-refractivity contribution in [2.75, 3.05) is 33.2 Å². The highest BCUT2D eigenvalue weighted by Gasteiger charge is 2.22. The van der Waals surface area contributed by atoms with Gasteiger partial charge in [0.15, 0.2) is 0 Å². The molecule has 0 aromatic carbocycles. The number of likely N-dealkylation sites (tertiary alicyclic amines) is 1. The lowest BCUT2D eigenvalue weighted by atomic mass is 9.99. The number of carbonyl (C=O) groups is 2. The molecule has 0 aliphatic carbocycles. The van der Waals surface area contributed by atoms with Crippen LogP contribution >= 0.6 is 0 Å². The van der Waals surface area contributed by atoms with Crippen molar-refractivity contribution in [3.8, 4) is 0 Å². The molecule has 3 N–H and O–H groups in total. The molecule has 2 fully saturated rings. The summed E-state index contributed by atoms with van der Waals surface area (Å²) in [6.07, 6.45) is 3.70. The molecule has 110 valence electrons. The van der Waals surface area contributed by atoms with Crippen molar-refractivity contribution >= 4 is 11.9 Å². The lowest BCUT2D eigenvalue weighted by molar-refractivity contribution is -0.143. The first-order valence-corrected chi connectivity index (χ1v) is 6.85.